The molecule has 0 bridgehead atoms. The smallest absolute Gasteiger partial charge is 0.226 e. The van der Waals surface area contributed by atoms with Crippen LogP contribution in [0.3, 0.4) is 0 Å². The number of carbonyl (C=O) groups is 1. The number of halogens is 1. The Bertz CT molecular complexity index is 1020. The fraction of sp³-hybridized carbons (Fsp3) is 0.273. The largest absolute Gasteiger partial charge is 0.386 e. The van der Waals surface area contributed by atoms with Gasteiger partial charge in [0, 0.05) is 46.8 Å². The van der Waals surface area contributed by atoms with Crippen molar-refractivity contribution in [2.45, 2.75) is 19.4 Å². The molecule has 1 unspecified atom stereocenters. The highest BCUT2D eigenvalue weighted by molar-refractivity contribution is 7.19. The number of amides is 1. The van der Waals surface area contributed by atoms with Gasteiger partial charge in [-0.3, -0.25) is 9.79 Å². The van der Waals surface area contributed by atoms with Crippen molar-refractivity contribution in [1.29, 1.82) is 0 Å². The van der Waals surface area contributed by atoms with E-state index in [0.29, 0.717) is 29.8 Å². The summed E-state index contributed by atoms with van der Waals surface area (Å²) in [5, 5.41) is 21.3. The minimum atomic E-state index is -0.643. The molecule has 0 aliphatic rings. The predicted octanol–water partition coefficient (Wildman–Crippen LogP) is 4.09. The molecule has 0 saturated carbocycles. The standard InChI is InChI=1S/C22H25ClN4O2S/c1-14-16(23)7-5-8-17(14)27-21(29)10-11-25-22(24-2)26-13-18(28)20-12-15-6-3-4-9-19(15)30-20/h3-9,12,18,28H,10-11,13H2,1-2H3,(H,27,29)(H2,24,25,26). The lowest BCUT2D eigenvalue weighted by molar-refractivity contribution is -0.116. The molecule has 0 spiro atoms. The summed E-state index contributed by atoms with van der Waals surface area (Å²) >= 11 is 7.66. The van der Waals surface area contributed by atoms with Crippen LogP contribution in [0.1, 0.15) is 23.0 Å². The summed E-state index contributed by atoms with van der Waals surface area (Å²) in [5.41, 5.74) is 1.55. The van der Waals surface area contributed by atoms with Gasteiger partial charge in [0.05, 0.1) is 0 Å². The van der Waals surface area contributed by atoms with Gasteiger partial charge in [-0.05, 0) is 42.1 Å². The fourth-order valence-corrected chi connectivity index (χ4v) is 4.16. The summed E-state index contributed by atoms with van der Waals surface area (Å²) in [6.45, 7) is 2.59. The zero-order valence-electron chi connectivity index (χ0n) is 16.9. The lowest BCUT2D eigenvalue weighted by Gasteiger charge is -2.15. The van der Waals surface area contributed by atoms with E-state index in [-0.39, 0.29) is 12.3 Å². The van der Waals surface area contributed by atoms with Crippen LogP contribution in [0.2, 0.25) is 5.02 Å². The fourth-order valence-electron chi connectivity index (χ4n) is 2.93. The van der Waals surface area contributed by atoms with Crippen molar-refractivity contribution in [2.24, 2.45) is 4.99 Å². The lowest BCUT2D eigenvalue weighted by Crippen LogP contribution is -2.40. The van der Waals surface area contributed by atoms with Gasteiger partial charge in [-0.2, -0.15) is 0 Å². The predicted molar refractivity (Wildman–Crippen MR) is 126 cm³/mol. The van der Waals surface area contributed by atoms with Crippen LogP contribution >= 0.6 is 22.9 Å². The Morgan fingerprint density at radius 3 is 2.77 bits per heavy atom. The first-order chi connectivity index (χ1) is 14.5. The van der Waals surface area contributed by atoms with E-state index in [9.17, 15) is 9.90 Å². The number of rotatable bonds is 7. The molecular formula is C22H25ClN4O2S. The summed E-state index contributed by atoms with van der Waals surface area (Å²) < 4.78 is 1.15. The maximum absolute atomic E-state index is 12.2. The van der Waals surface area contributed by atoms with Crippen LogP contribution in [-0.2, 0) is 4.79 Å². The van der Waals surface area contributed by atoms with Crippen LogP contribution in [0.15, 0.2) is 53.5 Å². The molecule has 30 heavy (non-hydrogen) atoms. The first-order valence-corrected chi connectivity index (χ1v) is 10.8. The molecule has 4 N–H and O–H groups in total. The molecule has 158 valence electrons. The number of carbonyl (C=O) groups excluding carboxylic acids is 1. The van der Waals surface area contributed by atoms with Crippen molar-refractivity contribution in [2.75, 3.05) is 25.5 Å². The van der Waals surface area contributed by atoms with Crippen molar-refractivity contribution in [3.05, 3.63) is 64.0 Å². The summed E-state index contributed by atoms with van der Waals surface area (Å²) in [7, 11) is 1.65. The number of thiophene rings is 1. The second-order valence-corrected chi connectivity index (χ2v) is 8.32. The molecule has 0 saturated heterocycles. The average Bonchev–Trinajstić information content (AvgIpc) is 3.18. The van der Waals surface area contributed by atoms with Gasteiger partial charge in [0.1, 0.15) is 6.10 Å². The van der Waals surface area contributed by atoms with Gasteiger partial charge in [0.25, 0.3) is 0 Å². The number of aliphatic hydroxyl groups is 1. The van der Waals surface area contributed by atoms with Crippen molar-refractivity contribution in [3.63, 3.8) is 0 Å². The van der Waals surface area contributed by atoms with Crippen molar-refractivity contribution in [1.82, 2.24) is 10.6 Å². The van der Waals surface area contributed by atoms with Gasteiger partial charge in [-0.15, -0.1) is 11.3 Å². The van der Waals surface area contributed by atoms with Crippen molar-refractivity contribution >= 4 is 50.6 Å². The Balaban J connectivity index is 1.44. The highest BCUT2D eigenvalue weighted by Crippen LogP contribution is 2.29. The molecule has 0 aliphatic heterocycles. The van der Waals surface area contributed by atoms with Crippen LogP contribution in [-0.4, -0.2) is 37.1 Å². The molecule has 0 fully saturated rings. The zero-order chi connectivity index (χ0) is 21.5. The maximum atomic E-state index is 12.2. The van der Waals surface area contributed by atoms with Crippen molar-refractivity contribution < 1.29 is 9.90 Å². The van der Waals surface area contributed by atoms with E-state index in [2.05, 4.69) is 20.9 Å². The van der Waals surface area contributed by atoms with Gasteiger partial charge in [0.2, 0.25) is 5.91 Å². The lowest BCUT2D eigenvalue weighted by atomic mass is 10.2. The molecule has 1 atom stereocenters. The molecule has 1 amide bonds. The van der Waals surface area contributed by atoms with Crippen LogP contribution in [0, 0.1) is 6.92 Å². The summed E-state index contributed by atoms with van der Waals surface area (Å²) in [5.74, 6) is 0.413. The molecule has 6 nitrogen and oxygen atoms in total. The van der Waals surface area contributed by atoms with Crippen LogP contribution in [0.4, 0.5) is 5.69 Å². The minimum absolute atomic E-state index is 0.117. The molecular weight excluding hydrogens is 420 g/mol. The number of anilines is 1. The minimum Gasteiger partial charge on any atom is -0.386 e. The highest BCUT2D eigenvalue weighted by Gasteiger charge is 2.12. The van der Waals surface area contributed by atoms with Crippen LogP contribution in [0.5, 0.6) is 0 Å². The average molecular weight is 445 g/mol. The number of benzene rings is 2. The number of aliphatic hydroxyl groups excluding tert-OH is 1. The number of nitrogens with zero attached hydrogens (tertiary/aromatic N) is 1. The molecule has 3 rings (SSSR count). The molecule has 8 heteroatoms. The summed E-state index contributed by atoms with van der Waals surface area (Å²) in [6.07, 6.45) is -0.374. The summed E-state index contributed by atoms with van der Waals surface area (Å²) in [4.78, 5) is 17.2. The topological polar surface area (TPSA) is 85.8 Å². The Hall–Kier alpha value is -2.61. The number of guanidine groups is 1. The molecule has 0 radical (unpaired) electrons. The van der Waals surface area contributed by atoms with E-state index < -0.39 is 6.10 Å². The second-order valence-electron chi connectivity index (χ2n) is 6.79. The molecule has 1 heterocycles. The van der Waals surface area contributed by atoms with Gasteiger partial charge < -0.3 is 21.1 Å². The monoisotopic (exact) mass is 444 g/mol. The third-order valence-corrected chi connectivity index (χ3v) is 6.27. The first kappa shape index (κ1) is 22.1. The normalized spacial score (nSPS) is 12.6. The number of hydrogen-bond donors (Lipinski definition) is 4. The number of hydrogen-bond acceptors (Lipinski definition) is 4. The summed E-state index contributed by atoms with van der Waals surface area (Å²) in [6, 6.07) is 15.5. The first-order valence-electron chi connectivity index (χ1n) is 9.64. The maximum Gasteiger partial charge on any atom is 0.226 e. The number of fused-ring (bicyclic) bond motifs is 1. The van der Waals surface area contributed by atoms with Crippen LogP contribution < -0.4 is 16.0 Å². The second kappa shape index (κ2) is 10.4. The van der Waals surface area contributed by atoms with Crippen molar-refractivity contribution in [3.8, 4) is 0 Å². The van der Waals surface area contributed by atoms with E-state index in [1.54, 1.807) is 30.5 Å². The van der Waals surface area contributed by atoms with Gasteiger partial charge in [-0.25, -0.2) is 0 Å². The van der Waals surface area contributed by atoms with E-state index in [4.69, 9.17) is 11.6 Å². The van der Waals surface area contributed by atoms with Gasteiger partial charge in [0.15, 0.2) is 5.96 Å². The van der Waals surface area contributed by atoms with Crippen LogP contribution in [0.25, 0.3) is 10.1 Å². The Morgan fingerprint density at radius 1 is 1.20 bits per heavy atom. The van der Waals surface area contributed by atoms with Gasteiger partial charge in [-0.1, -0.05) is 35.9 Å². The highest BCUT2D eigenvalue weighted by atomic mass is 35.5. The Labute approximate surface area is 185 Å². The molecule has 1 aromatic heterocycles. The zero-order valence-corrected chi connectivity index (χ0v) is 18.5. The van der Waals surface area contributed by atoms with E-state index >= 15 is 0 Å². The molecule has 0 aliphatic carbocycles. The SMILES string of the molecule is CN=C(NCCC(=O)Nc1cccc(Cl)c1C)NCC(O)c1cc2ccccc2s1. The third-order valence-electron chi connectivity index (χ3n) is 4.65. The number of aliphatic imine (C=N–C) groups is 1. The Kier molecular flexibility index (Phi) is 7.68. The van der Waals surface area contributed by atoms with E-state index in [1.807, 2.05) is 43.3 Å². The Morgan fingerprint density at radius 2 is 2.00 bits per heavy atom. The number of nitrogens with one attached hydrogen (secondary N) is 3. The quantitative estimate of drug-likeness (QED) is 0.326. The van der Waals surface area contributed by atoms with E-state index in [1.165, 1.54) is 0 Å². The molecule has 2 aromatic carbocycles. The molecule has 3 aromatic rings. The third kappa shape index (κ3) is 5.72. The van der Waals surface area contributed by atoms with E-state index in [0.717, 1.165) is 20.5 Å². The van der Waals surface area contributed by atoms with Gasteiger partial charge >= 0.3 is 0 Å².